The molecule has 0 saturated carbocycles. The van der Waals surface area contributed by atoms with E-state index in [0.717, 1.165) is 28.5 Å². The number of carbonyl (C=O) groups excluding carboxylic acids is 1. The van der Waals surface area contributed by atoms with Gasteiger partial charge in [0.15, 0.2) is 5.82 Å². The molecular weight excluding hydrogens is 342 g/mol. The first-order valence-electron chi connectivity index (χ1n) is 8.83. The van der Waals surface area contributed by atoms with Gasteiger partial charge in [-0.05, 0) is 57.5 Å². The van der Waals surface area contributed by atoms with E-state index in [4.69, 9.17) is 9.26 Å². The van der Waals surface area contributed by atoms with Crippen LogP contribution in [0.2, 0.25) is 0 Å². The van der Waals surface area contributed by atoms with E-state index >= 15 is 0 Å². The Kier molecular flexibility index (Phi) is 5.45. The first-order valence-corrected chi connectivity index (χ1v) is 8.83. The molecule has 0 atom stereocenters. The second-order valence-corrected chi connectivity index (χ2v) is 6.21. The van der Waals surface area contributed by atoms with Crippen LogP contribution in [-0.2, 0) is 4.79 Å². The van der Waals surface area contributed by atoms with Crippen LogP contribution >= 0.6 is 0 Å². The van der Waals surface area contributed by atoms with E-state index in [-0.39, 0.29) is 5.91 Å². The number of carbonyl (C=O) groups is 1. The third-order valence-corrected chi connectivity index (χ3v) is 4.17. The smallest absolute Gasteiger partial charge is 0.248 e. The van der Waals surface area contributed by atoms with Crippen molar-refractivity contribution in [3.05, 3.63) is 65.2 Å². The highest BCUT2D eigenvalue weighted by molar-refractivity contribution is 6.02. The Morgan fingerprint density at radius 1 is 1.26 bits per heavy atom. The summed E-state index contributed by atoms with van der Waals surface area (Å²) in [4.78, 5) is 12.3. The van der Waals surface area contributed by atoms with E-state index < -0.39 is 0 Å². The van der Waals surface area contributed by atoms with E-state index in [1.54, 1.807) is 6.08 Å². The third-order valence-electron chi connectivity index (χ3n) is 4.17. The van der Waals surface area contributed by atoms with Crippen molar-refractivity contribution in [3.63, 3.8) is 0 Å². The molecule has 0 unspecified atom stereocenters. The van der Waals surface area contributed by atoms with Gasteiger partial charge >= 0.3 is 0 Å². The second kappa shape index (κ2) is 7.95. The number of hydrogen-bond donors (Lipinski definition) is 1. The van der Waals surface area contributed by atoms with Crippen molar-refractivity contribution in [1.29, 1.82) is 0 Å². The molecule has 0 aliphatic heterocycles. The van der Waals surface area contributed by atoms with Gasteiger partial charge in [-0.25, -0.2) is 0 Å². The molecule has 0 aliphatic rings. The Hall–Kier alpha value is -3.28. The summed E-state index contributed by atoms with van der Waals surface area (Å²) in [7, 11) is 0. The molecule has 1 N–H and O–H groups in total. The summed E-state index contributed by atoms with van der Waals surface area (Å²) in [6.07, 6.45) is 3.31. The highest BCUT2D eigenvalue weighted by atomic mass is 16.5. The number of aromatic nitrogens is 2. The van der Waals surface area contributed by atoms with Gasteiger partial charge in [0.05, 0.1) is 12.3 Å². The number of nitrogens with zero attached hydrogens (tertiary/aromatic N) is 2. The average molecular weight is 365 g/mol. The fourth-order valence-electron chi connectivity index (χ4n) is 2.96. The summed E-state index contributed by atoms with van der Waals surface area (Å²) < 4.78 is 12.7. The van der Waals surface area contributed by atoms with Gasteiger partial charge in [0.25, 0.3) is 0 Å². The first-order chi connectivity index (χ1) is 13.0. The summed E-state index contributed by atoms with van der Waals surface area (Å²) in [6.45, 7) is 8.28. The van der Waals surface area contributed by atoms with Crippen LogP contribution in [0.1, 0.15) is 29.6 Å². The van der Waals surface area contributed by atoms with E-state index in [1.165, 1.54) is 6.08 Å². The molecule has 3 rings (SSSR count). The maximum absolute atomic E-state index is 12.3. The van der Waals surface area contributed by atoms with Gasteiger partial charge in [-0.1, -0.05) is 17.3 Å². The monoisotopic (exact) mass is 365 g/mol. The molecule has 2 heterocycles. The number of para-hydroxylation sites is 2. The molecule has 6 heteroatoms. The van der Waals surface area contributed by atoms with Gasteiger partial charge in [0.2, 0.25) is 5.91 Å². The number of anilines is 1. The third kappa shape index (κ3) is 4.11. The standard InChI is InChI=1S/C21H23N3O3/c1-5-26-19-9-7-6-8-18(19)22-21(25)11-10-17-12-14(2)24(16(17)4)20-13-15(3)27-23-20/h6-13H,5H2,1-4H3,(H,22,25)/b11-10+. The predicted octanol–water partition coefficient (Wildman–Crippen LogP) is 4.44. The van der Waals surface area contributed by atoms with Crippen LogP contribution in [0.15, 0.2) is 47.0 Å². The molecule has 0 fully saturated rings. The lowest BCUT2D eigenvalue weighted by molar-refractivity contribution is -0.111. The molecule has 0 saturated heterocycles. The largest absolute Gasteiger partial charge is 0.492 e. The number of aryl methyl sites for hydroxylation is 2. The molecule has 1 amide bonds. The zero-order valence-electron chi connectivity index (χ0n) is 15.9. The lowest BCUT2D eigenvalue weighted by Crippen LogP contribution is -2.09. The van der Waals surface area contributed by atoms with Crippen LogP contribution in [-0.4, -0.2) is 22.2 Å². The van der Waals surface area contributed by atoms with Gasteiger partial charge in [-0.15, -0.1) is 0 Å². The van der Waals surface area contributed by atoms with Gasteiger partial charge in [0, 0.05) is 23.5 Å². The minimum absolute atomic E-state index is 0.218. The molecule has 0 radical (unpaired) electrons. The molecule has 0 bridgehead atoms. The van der Waals surface area contributed by atoms with Gasteiger partial charge in [0.1, 0.15) is 11.5 Å². The molecule has 2 aromatic heterocycles. The van der Waals surface area contributed by atoms with Crippen molar-refractivity contribution in [2.75, 3.05) is 11.9 Å². The van der Waals surface area contributed by atoms with Crippen molar-refractivity contribution in [3.8, 4) is 11.6 Å². The number of hydrogen-bond acceptors (Lipinski definition) is 4. The summed E-state index contributed by atoms with van der Waals surface area (Å²) in [5.41, 5.74) is 3.60. The van der Waals surface area contributed by atoms with Crippen LogP contribution in [0.3, 0.4) is 0 Å². The topological polar surface area (TPSA) is 69.3 Å². The van der Waals surface area contributed by atoms with Gasteiger partial charge in [-0.3, -0.25) is 9.36 Å². The summed E-state index contributed by atoms with van der Waals surface area (Å²) in [6, 6.07) is 11.3. The van der Waals surface area contributed by atoms with Crippen molar-refractivity contribution in [2.45, 2.75) is 27.7 Å². The highest BCUT2D eigenvalue weighted by Crippen LogP contribution is 2.24. The quantitative estimate of drug-likeness (QED) is 0.656. The Balaban J connectivity index is 1.78. The molecule has 140 valence electrons. The fourth-order valence-corrected chi connectivity index (χ4v) is 2.96. The van der Waals surface area contributed by atoms with Gasteiger partial charge in [-0.2, -0.15) is 0 Å². The lowest BCUT2D eigenvalue weighted by atomic mass is 10.2. The number of amides is 1. The zero-order chi connectivity index (χ0) is 19.4. The Bertz CT molecular complexity index is 982. The van der Waals surface area contributed by atoms with Crippen LogP contribution in [0.25, 0.3) is 11.9 Å². The maximum atomic E-state index is 12.3. The van der Waals surface area contributed by atoms with Crippen LogP contribution in [0.5, 0.6) is 5.75 Å². The predicted molar refractivity (Wildman–Crippen MR) is 105 cm³/mol. The summed E-state index contributed by atoms with van der Waals surface area (Å²) >= 11 is 0. The maximum Gasteiger partial charge on any atom is 0.248 e. The van der Waals surface area contributed by atoms with Crippen LogP contribution in [0, 0.1) is 20.8 Å². The number of rotatable bonds is 6. The highest BCUT2D eigenvalue weighted by Gasteiger charge is 2.12. The van der Waals surface area contributed by atoms with Crippen LogP contribution in [0.4, 0.5) is 5.69 Å². The number of benzene rings is 1. The van der Waals surface area contributed by atoms with Crippen molar-refractivity contribution >= 4 is 17.7 Å². The minimum atomic E-state index is -0.218. The van der Waals surface area contributed by atoms with Crippen molar-refractivity contribution in [1.82, 2.24) is 9.72 Å². The fraction of sp³-hybridized carbons (Fsp3) is 0.238. The van der Waals surface area contributed by atoms with Gasteiger partial charge < -0.3 is 14.6 Å². The van der Waals surface area contributed by atoms with E-state index in [0.29, 0.717) is 18.0 Å². The average Bonchev–Trinajstić information content (AvgIpc) is 3.17. The molecular formula is C21H23N3O3. The Morgan fingerprint density at radius 3 is 2.74 bits per heavy atom. The molecule has 0 spiro atoms. The first kappa shape index (κ1) is 18.5. The van der Waals surface area contributed by atoms with E-state index in [9.17, 15) is 4.79 Å². The molecule has 6 nitrogen and oxygen atoms in total. The Morgan fingerprint density at radius 2 is 2.04 bits per heavy atom. The number of ether oxygens (including phenoxy) is 1. The van der Waals surface area contributed by atoms with E-state index in [2.05, 4.69) is 10.5 Å². The lowest BCUT2D eigenvalue weighted by Gasteiger charge is -2.09. The Labute approximate surface area is 158 Å². The van der Waals surface area contributed by atoms with Crippen molar-refractivity contribution < 1.29 is 14.1 Å². The zero-order valence-corrected chi connectivity index (χ0v) is 15.9. The molecule has 0 aliphatic carbocycles. The molecule has 1 aromatic carbocycles. The summed E-state index contributed by atoms with van der Waals surface area (Å²) in [5.74, 6) is 1.92. The molecule has 3 aromatic rings. The number of nitrogens with one attached hydrogen (secondary N) is 1. The normalized spacial score (nSPS) is 11.1. The SMILES string of the molecule is CCOc1ccccc1NC(=O)/C=C/c1cc(C)n(-c2cc(C)on2)c1C. The van der Waals surface area contributed by atoms with Crippen LogP contribution < -0.4 is 10.1 Å². The minimum Gasteiger partial charge on any atom is -0.492 e. The van der Waals surface area contributed by atoms with Crippen molar-refractivity contribution in [2.24, 2.45) is 0 Å². The summed E-state index contributed by atoms with van der Waals surface area (Å²) in [5, 5.41) is 6.93. The van der Waals surface area contributed by atoms with E-state index in [1.807, 2.05) is 68.7 Å². The molecule has 27 heavy (non-hydrogen) atoms. The second-order valence-electron chi connectivity index (χ2n) is 6.21.